The second-order valence-electron chi connectivity index (χ2n) is 4.15. The molecule has 0 saturated carbocycles. The van der Waals surface area contributed by atoms with Gasteiger partial charge in [-0.3, -0.25) is 4.98 Å². The molecule has 0 amide bonds. The molecule has 0 aliphatic rings. The van der Waals surface area contributed by atoms with Crippen LogP contribution in [0.2, 0.25) is 0 Å². The largest absolute Gasteiger partial charge is 0.340 e. The smallest absolute Gasteiger partial charge is 0.225 e. The van der Waals surface area contributed by atoms with Gasteiger partial charge in [0.1, 0.15) is 0 Å². The summed E-state index contributed by atoms with van der Waals surface area (Å²) < 4.78 is 0. The number of nitrogens with zero attached hydrogens (tertiary/aromatic N) is 4. The van der Waals surface area contributed by atoms with Gasteiger partial charge in [0.05, 0.1) is 0 Å². The first-order chi connectivity index (χ1) is 8.79. The minimum Gasteiger partial charge on any atom is -0.340 e. The number of anilines is 1. The van der Waals surface area contributed by atoms with E-state index in [0.717, 1.165) is 24.1 Å². The summed E-state index contributed by atoms with van der Waals surface area (Å²) in [6, 6.07) is 3.96. The molecule has 5 nitrogen and oxygen atoms in total. The van der Waals surface area contributed by atoms with Crippen molar-refractivity contribution in [2.24, 2.45) is 5.73 Å². The fourth-order valence-corrected chi connectivity index (χ4v) is 1.68. The van der Waals surface area contributed by atoms with Crippen LogP contribution >= 0.6 is 0 Å². The zero-order chi connectivity index (χ0) is 12.8. The lowest BCUT2D eigenvalue weighted by atomic mass is 10.2. The molecule has 94 valence electrons. The SMILES string of the molecule is CN(Cc1cccnc1)c1ncc(CCN)cn1. The van der Waals surface area contributed by atoms with Crippen molar-refractivity contribution in [2.45, 2.75) is 13.0 Å². The van der Waals surface area contributed by atoms with Crippen LogP contribution in [0.15, 0.2) is 36.9 Å². The van der Waals surface area contributed by atoms with E-state index in [1.165, 1.54) is 0 Å². The highest BCUT2D eigenvalue weighted by Gasteiger charge is 2.05. The quantitative estimate of drug-likeness (QED) is 0.848. The molecule has 0 saturated heterocycles. The molecule has 2 N–H and O–H groups in total. The van der Waals surface area contributed by atoms with Crippen LogP contribution in [-0.2, 0) is 13.0 Å². The van der Waals surface area contributed by atoms with Crippen LogP contribution < -0.4 is 10.6 Å². The number of aromatic nitrogens is 3. The van der Waals surface area contributed by atoms with Gasteiger partial charge in [0.25, 0.3) is 0 Å². The molecule has 2 aromatic heterocycles. The van der Waals surface area contributed by atoms with Gasteiger partial charge in [-0.1, -0.05) is 6.07 Å². The standard InChI is InChI=1S/C13H17N5/c1-18(10-12-3-2-6-15-7-12)13-16-8-11(4-5-14)9-17-13/h2-3,6-9H,4-5,10,14H2,1H3. The molecule has 0 atom stereocenters. The van der Waals surface area contributed by atoms with E-state index in [1.807, 2.05) is 42.7 Å². The van der Waals surface area contributed by atoms with Crippen LogP contribution in [-0.4, -0.2) is 28.5 Å². The van der Waals surface area contributed by atoms with Gasteiger partial charge in [0.2, 0.25) is 5.95 Å². The van der Waals surface area contributed by atoms with Crippen molar-refractivity contribution in [1.82, 2.24) is 15.0 Å². The predicted octanol–water partition coefficient (Wildman–Crippen LogP) is 1.01. The van der Waals surface area contributed by atoms with Gasteiger partial charge in [-0.05, 0) is 30.2 Å². The van der Waals surface area contributed by atoms with Crippen molar-refractivity contribution in [3.05, 3.63) is 48.0 Å². The average molecular weight is 243 g/mol. The summed E-state index contributed by atoms with van der Waals surface area (Å²) in [6.45, 7) is 1.36. The molecule has 0 aromatic carbocycles. The third-order valence-corrected chi connectivity index (χ3v) is 2.61. The summed E-state index contributed by atoms with van der Waals surface area (Å²) in [5.74, 6) is 0.708. The molecule has 2 heterocycles. The first-order valence-electron chi connectivity index (χ1n) is 5.90. The monoisotopic (exact) mass is 243 g/mol. The van der Waals surface area contributed by atoms with Gasteiger partial charge in [0.15, 0.2) is 0 Å². The average Bonchev–Trinajstić information content (AvgIpc) is 2.41. The van der Waals surface area contributed by atoms with E-state index in [2.05, 4.69) is 15.0 Å². The maximum Gasteiger partial charge on any atom is 0.225 e. The number of rotatable bonds is 5. The Kier molecular flexibility index (Phi) is 4.20. The van der Waals surface area contributed by atoms with Gasteiger partial charge in [-0.15, -0.1) is 0 Å². The highest BCUT2D eigenvalue weighted by Crippen LogP contribution is 2.09. The Morgan fingerprint density at radius 2 is 1.94 bits per heavy atom. The maximum absolute atomic E-state index is 5.49. The van der Waals surface area contributed by atoms with Crippen LogP contribution in [0.1, 0.15) is 11.1 Å². The molecule has 0 bridgehead atoms. The Bertz CT molecular complexity index is 469. The number of nitrogens with two attached hydrogens (primary N) is 1. The molecule has 0 fully saturated rings. The van der Waals surface area contributed by atoms with E-state index in [4.69, 9.17) is 5.73 Å². The minimum absolute atomic E-state index is 0.619. The fourth-order valence-electron chi connectivity index (χ4n) is 1.68. The summed E-state index contributed by atoms with van der Waals surface area (Å²) in [4.78, 5) is 14.7. The van der Waals surface area contributed by atoms with E-state index < -0.39 is 0 Å². The summed E-state index contributed by atoms with van der Waals surface area (Å²) >= 11 is 0. The second kappa shape index (κ2) is 6.07. The highest BCUT2D eigenvalue weighted by atomic mass is 15.2. The Morgan fingerprint density at radius 3 is 2.56 bits per heavy atom. The molecule has 0 aliphatic carbocycles. The molecule has 5 heteroatoms. The topological polar surface area (TPSA) is 67.9 Å². The molecular formula is C13H17N5. The van der Waals surface area contributed by atoms with Crippen LogP contribution in [0.25, 0.3) is 0 Å². The molecule has 2 aromatic rings. The lowest BCUT2D eigenvalue weighted by Gasteiger charge is -2.16. The summed E-state index contributed by atoms with van der Waals surface area (Å²) in [5.41, 5.74) is 7.69. The first-order valence-corrected chi connectivity index (χ1v) is 5.90. The van der Waals surface area contributed by atoms with Crippen molar-refractivity contribution >= 4 is 5.95 Å². The van der Waals surface area contributed by atoms with Crippen LogP contribution in [0.3, 0.4) is 0 Å². The zero-order valence-corrected chi connectivity index (χ0v) is 10.5. The molecule has 18 heavy (non-hydrogen) atoms. The van der Waals surface area contributed by atoms with Crippen molar-refractivity contribution < 1.29 is 0 Å². The molecule has 0 aliphatic heterocycles. The van der Waals surface area contributed by atoms with Crippen LogP contribution in [0.5, 0.6) is 0 Å². The Labute approximate surface area is 107 Å². The van der Waals surface area contributed by atoms with Crippen LogP contribution in [0.4, 0.5) is 5.95 Å². The highest BCUT2D eigenvalue weighted by molar-refractivity contribution is 5.30. The lowest BCUT2D eigenvalue weighted by molar-refractivity contribution is 0.850. The van der Waals surface area contributed by atoms with Crippen molar-refractivity contribution in [1.29, 1.82) is 0 Å². The van der Waals surface area contributed by atoms with E-state index in [1.54, 1.807) is 6.20 Å². The molecular weight excluding hydrogens is 226 g/mol. The van der Waals surface area contributed by atoms with Gasteiger partial charge in [0, 0.05) is 38.4 Å². The summed E-state index contributed by atoms with van der Waals surface area (Å²) in [5, 5.41) is 0. The van der Waals surface area contributed by atoms with Crippen molar-refractivity contribution in [2.75, 3.05) is 18.5 Å². The van der Waals surface area contributed by atoms with Crippen molar-refractivity contribution in [3.63, 3.8) is 0 Å². The van der Waals surface area contributed by atoms with E-state index >= 15 is 0 Å². The normalized spacial score (nSPS) is 10.3. The number of hydrogen-bond donors (Lipinski definition) is 1. The van der Waals surface area contributed by atoms with Gasteiger partial charge in [-0.2, -0.15) is 0 Å². The predicted molar refractivity (Wildman–Crippen MR) is 71.1 cm³/mol. The third kappa shape index (κ3) is 3.24. The Morgan fingerprint density at radius 1 is 1.17 bits per heavy atom. The minimum atomic E-state index is 0.619. The first kappa shape index (κ1) is 12.4. The van der Waals surface area contributed by atoms with Gasteiger partial charge < -0.3 is 10.6 Å². The Balaban J connectivity index is 2.02. The molecule has 0 spiro atoms. The van der Waals surface area contributed by atoms with Crippen LogP contribution in [0, 0.1) is 0 Å². The number of pyridine rings is 1. The number of hydrogen-bond acceptors (Lipinski definition) is 5. The summed E-state index contributed by atoms with van der Waals surface area (Å²) in [6.07, 6.45) is 8.08. The summed E-state index contributed by atoms with van der Waals surface area (Å²) in [7, 11) is 1.96. The molecule has 0 radical (unpaired) electrons. The van der Waals surface area contributed by atoms with Gasteiger partial charge >= 0.3 is 0 Å². The Hall–Kier alpha value is -2.01. The second-order valence-corrected chi connectivity index (χ2v) is 4.15. The third-order valence-electron chi connectivity index (χ3n) is 2.61. The lowest BCUT2D eigenvalue weighted by Crippen LogP contribution is -2.19. The van der Waals surface area contributed by atoms with Gasteiger partial charge in [-0.25, -0.2) is 9.97 Å². The fraction of sp³-hybridized carbons (Fsp3) is 0.308. The zero-order valence-electron chi connectivity index (χ0n) is 10.5. The molecule has 2 rings (SSSR count). The maximum atomic E-state index is 5.49. The van der Waals surface area contributed by atoms with Crippen molar-refractivity contribution in [3.8, 4) is 0 Å². The molecule has 0 unspecified atom stereocenters. The van der Waals surface area contributed by atoms with E-state index in [0.29, 0.717) is 12.5 Å². The van der Waals surface area contributed by atoms with E-state index in [9.17, 15) is 0 Å². The van der Waals surface area contributed by atoms with E-state index in [-0.39, 0.29) is 0 Å².